The lowest BCUT2D eigenvalue weighted by atomic mass is 9.76. The highest BCUT2D eigenvalue weighted by Gasteiger charge is 2.44. The summed E-state index contributed by atoms with van der Waals surface area (Å²) in [7, 11) is 1.39. The first-order valence-electron chi connectivity index (χ1n) is 10.4. The van der Waals surface area contributed by atoms with Gasteiger partial charge in [-0.05, 0) is 50.4 Å². The molecule has 2 fully saturated rings. The van der Waals surface area contributed by atoms with Crippen molar-refractivity contribution in [1.82, 2.24) is 15.5 Å². The third kappa shape index (κ3) is 5.36. The van der Waals surface area contributed by atoms with E-state index in [0.29, 0.717) is 50.3 Å². The van der Waals surface area contributed by atoms with Crippen molar-refractivity contribution in [2.45, 2.75) is 51.6 Å². The van der Waals surface area contributed by atoms with E-state index in [1.54, 1.807) is 4.90 Å². The number of carbonyl (C=O) groups is 3. The normalized spacial score (nSPS) is 23.4. The summed E-state index contributed by atoms with van der Waals surface area (Å²) in [6.45, 7) is 2.93. The molecule has 1 saturated heterocycles. The van der Waals surface area contributed by atoms with Crippen molar-refractivity contribution in [2.75, 3.05) is 13.7 Å². The predicted octanol–water partition coefficient (Wildman–Crippen LogP) is 2.07. The molecule has 8 heteroatoms. The van der Waals surface area contributed by atoms with Crippen molar-refractivity contribution < 1.29 is 19.1 Å². The van der Waals surface area contributed by atoms with E-state index in [0.717, 1.165) is 5.56 Å². The minimum absolute atomic E-state index is 0.00729. The van der Waals surface area contributed by atoms with Crippen LogP contribution in [0, 0.1) is 18.8 Å². The van der Waals surface area contributed by atoms with Crippen LogP contribution in [-0.4, -0.2) is 47.5 Å². The molecular weight excluding hydrogens is 402 g/mol. The third-order valence-electron chi connectivity index (χ3n) is 5.92. The van der Waals surface area contributed by atoms with Gasteiger partial charge in [0, 0.05) is 25.6 Å². The van der Waals surface area contributed by atoms with Crippen molar-refractivity contribution in [2.24, 2.45) is 11.8 Å². The SMILES string of the molecule is COC(=O)C1CCC2C(=O)N(CCCC(=O)NCc3ccc(C)cc3)C(=S)NC2C1. The van der Waals surface area contributed by atoms with Gasteiger partial charge in [0.1, 0.15) is 0 Å². The van der Waals surface area contributed by atoms with E-state index < -0.39 is 0 Å². The van der Waals surface area contributed by atoms with E-state index in [9.17, 15) is 14.4 Å². The van der Waals surface area contributed by atoms with Crippen molar-refractivity contribution in [1.29, 1.82) is 0 Å². The Kier molecular flexibility index (Phi) is 7.42. The number of benzene rings is 1. The molecule has 162 valence electrons. The van der Waals surface area contributed by atoms with Crippen LogP contribution in [0.4, 0.5) is 0 Å². The number of methoxy groups -OCH3 is 1. The van der Waals surface area contributed by atoms with Crippen LogP contribution in [0.5, 0.6) is 0 Å². The van der Waals surface area contributed by atoms with Gasteiger partial charge in [-0.25, -0.2) is 0 Å². The summed E-state index contributed by atoms with van der Waals surface area (Å²) >= 11 is 5.39. The molecule has 0 aromatic heterocycles. The van der Waals surface area contributed by atoms with Crippen LogP contribution in [0.25, 0.3) is 0 Å². The average Bonchev–Trinajstić information content (AvgIpc) is 2.74. The summed E-state index contributed by atoms with van der Waals surface area (Å²) in [5, 5.41) is 6.52. The second kappa shape index (κ2) is 10.0. The molecule has 1 aliphatic carbocycles. The van der Waals surface area contributed by atoms with Gasteiger partial charge in [-0.2, -0.15) is 0 Å². The molecule has 0 bridgehead atoms. The molecular formula is C22H29N3O4S. The van der Waals surface area contributed by atoms with E-state index in [1.165, 1.54) is 12.7 Å². The summed E-state index contributed by atoms with van der Waals surface area (Å²) in [6, 6.07) is 7.90. The molecule has 30 heavy (non-hydrogen) atoms. The molecule has 7 nitrogen and oxygen atoms in total. The fraction of sp³-hybridized carbons (Fsp3) is 0.545. The molecule has 0 spiro atoms. The first-order chi connectivity index (χ1) is 14.4. The van der Waals surface area contributed by atoms with E-state index >= 15 is 0 Å². The Balaban J connectivity index is 1.44. The zero-order valence-corrected chi connectivity index (χ0v) is 18.3. The van der Waals surface area contributed by atoms with E-state index in [2.05, 4.69) is 10.6 Å². The Hall–Kier alpha value is -2.48. The minimum Gasteiger partial charge on any atom is -0.469 e. The number of amides is 2. The van der Waals surface area contributed by atoms with Crippen LogP contribution in [0.2, 0.25) is 0 Å². The van der Waals surface area contributed by atoms with Gasteiger partial charge < -0.3 is 15.4 Å². The highest BCUT2D eigenvalue weighted by molar-refractivity contribution is 7.80. The van der Waals surface area contributed by atoms with Gasteiger partial charge in [-0.1, -0.05) is 29.8 Å². The van der Waals surface area contributed by atoms with E-state index in [-0.39, 0.29) is 35.7 Å². The highest BCUT2D eigenvalue weighted by Crippen LogP contribution is 2.33. The van der Waals surface area contributed by atoms with Crippen molar-refractivity contribution >= 4 is 35.1 Å². The maximum Gasteiger partial charge on any atom is 0.308 e. The Morgan fingerprint density at radius 3 is 2.70 bits per heavy atom. The van der Waals surface area contributed by atoms with Gasteiger partial charge in [0.15, 0.2) is 5.11 Å². The summed E-state index contributed by atoms with van der Waals surface area (Å²) in [5.74, 6) is -0.661. The van der Waals surface area contributed by atoms with Gasteiger partial charge in [-0.3, -0.25) is 19.3 Å². The Morgan fingerprint density at radius 1 is 1.27 bits per heavy atom. The van der Waals surface area contributed by atoms with Crippen LogP contribution in [0.15, 0.2) is 24.3 Å². The molecule has 2 amide bonds. The quantitative estimate of drug-likeness (QED) is 0.508. The zero-order chi connectivity index (χ0) is 21.7. The number of nitrogens with zero attached hydrogens (tertiary/aromatic N) is 1. The molecule has 2 aliphatic rings. The topological polar surface area (TPSA) is 87.7 Å². The molecule has 1 aromatic rings. The lowest BCUT2D eigenvalue weighted by Gasteiger charge is -2.43. The smallest absolute Gasteiger partial charge is 0.308 e. The monoisotopic (exact) mass is 431 g/mol. The molecule has 3 atom stereocenters. The first kappa shape index (κ1) is 22.2. The summed E-state index contributed by atoms with van der Waals surface area (Å²) < 4.78 is 4.84. The van der Waals surface area contributed by atoms with Gasteiger partial charge in [-0.15, -0.1) is 0 Å². The maximum absolute atomic E-state index is 12.9. The van der Waals surface area contributed by atoms with Gasteiger partial charge in [0.05, 0.1) is 18.9 Å². The number of ether oxygens (including phenoxy) is 1. The van der Waals surface area contributed by atoms with Gasteiger partial charge in [0.25, 0.3) is 0 Å². The number of aryl methyl sites for hydroxylation is 1. The molecule has 1 aliphatic heterocycles. The van der Waals surface area contributed by atoms with Gasteiger partial charge >= 0.3 is 5.97 Å². The Labute approximate surface area is 182 Å². The van der Waals surface area contributed by atoms with Crippen LogP contribution >= 0.6 is 12.2 Å². The van der Waals surface area contributed by atoms with Crippen LogP contribution in [0.1, 0.15) is 43.2 Å². The second-order valence-corrected chi connectivity index (χ2v) is 8.44. The number of nitrogens with one attached hydrogen (secondary N) is 2. The molecule has 2 N–H and O–H groups in total. The summed E-state index contributed by atoms with van der Waals surface area (Å²) in [6.07, 6.45) is 2.69. The molecule has 1 aromatic carbocycles. The Morgan fingerprint density at radius 2 is 2.00 bits per heavy atom. The summed E-state index contributed by atoms with van der Waals surface area (Å²) in [5.41, 5.74) is 2.24. The number of hydrogen-bond donors (Lipinski definition) is 2. The molecule has 1 heterocycles. The molecule has 3 rings (SSSR count). The number of esters is 1. The fourth-order valence-corrected chi connectivity index (χ4v) is 4.48. The molecule has 1 saturated carbocycles. The molecule has 0 radical (unpaired) electrons. The van der Waals surface area contributed by atoms with Crippen molar-refractivity contribution in [3.63, 3.8) is 0 Å². The standard InChI is InChI=1S/C22H29N3O4S/c1-14-5-7-15(8-6-14)13-23-19(26)4-3-11-25-20(27)17-10-9-16(21(28)29-2)12-18(17)24-22(25)30/h5-8,16-18H,3-4,9-13H2,1-2H3,(H,23,26)(H,24,30). The van der Waals surface area contributed by atoms with Crippen molar-refractivity contribution in [3.05, 3.63) is 35.4 Å². The zero-order valence-electron chi connectivity index (χ0n) is 17.5. The number of carbonyl (C=O) groups excluding carboxylic acids is 3. The van der Waals surface area contributed by atoms with Crippen LogP contribution in [-0.2, 0) is 25.7 Å². The van der Waals surface area contributed by atoms with E-state index in [1.807, 2.05) is 31.2 Å². The number of rotatable bonds is 7. The minimum atomic E-state index is -0.229. The number of thiocarbonyl (C=S) groups is 1. The largest absolute Gasteiger partial charge is 0.469 e. The highest BCUT2D eigenvalue weighted by atomic mass is 32.1. The third-order valence-corrected chi connectivity index (χ3v) is 6.26. The number of hydrogen-bond acceptors (Lipinski definition) is 5. The maximum atomic E-state index is 12.9. The predicted molar refractivity (Wildman–Crippen MR) is 116 cm³/mol. The Bertz CT molecular complexity index is 811. The molecule has 3 unspecified atom stereocenters. The number of fused-ring (bicyclic) bond motifs is 1. The first-order valence-corrected chi connectivity index (χ1v) is 10.8. The lowest BCUT2D eigenvalue weighted by Crippen LogP contribution is -2.61. The van der Waals surface area contributed by atoms with E-state index in [4.69, 9.17) is 17.0 Å². The fourth-order valence-electron chi connectivity index (χ4n) is 4.15. The van der Waals surface area contributed by atoms with Crippen LogP contribution in [0.3, 0.4) is 0 Å². The second-order valence-electron chi connectivity index (χ2n) is 8.05. The average molecular weight is 432 g/mol. The van der Waals surface area contributed by atoms with Crippen LogP contribution < -0.4 is 10.6 Å². The lowest BCUT2D eigenvalue weighted by molar-refractivity contribution is -0.149. The van der Waals surface area contributed by atoms with Crippen molar-refractivity contribution in [3.8, 4) is 0 Å². The summed E-state index contributed by atoms with van der Waals surface area (Å²) in [4.78, 5) is 38.4. The van der Waals surface area contributed by atoms with Gasteiger partial charge in [0.2, 0.25) is 11.8 Å².